The Morgan fingerprint density at radius 2 is 1.46 bits per heavy atom. The first-order valence-electron chi connectivity index (χ1n) is 9.16. The molecule has 2 aromatic rings. The monoisotopic (exact) mass is 387 g/mol. The molecule has 0 saturated carbocycles. The Morgan fingerprint density at radius 1 is 0.929 bits per heavy atom. The lowest BCUT2D eigenvalue weighted by Gasteiger charge is -2.18. The van der Waals surface area contributed by atoms with Gasteiger partial charge in [0.2, 0.25) is 5.75 Å². The smallest absolute Gasteiger partial charge is 0.330 e. The van der Waals surface area contributed by atoms with Gasteiger partial charge in [0, 0.05) is 5.56 Å². The first-order valence-corrected chi connectivity index (χ1v) is 9.16. The van der Waals surface area contributed by atoms with E-state index in [9.17, 15) is 14.7 Å². The lowest BCUT2D eigenvalue weighted by molar-refractivity contribution is -0.139. The van der Waals surface area contributed by atoms with Crippen LogP contribution in [0.15, 0.2) is 42.5 Å². The van der Waals surface area contributed by atoms with Crippen LogP contribution < -0.4 is 19.5 Å². The Labute approximate surface area is 164 Å². The minimum atomic E-state index is -1.17. The van der Waals surface area contributed by atoms with Crippen molar-refractivity contribution in [2.75, 3.05) is 19.8 Å². The van der Waals surface area contributed by atoms with Crippen molar-refractivity contribution in [1.82, 2.24) is 5.32 Å². The highest BCUT2D eigenvalue weighted by Gasteiger charge is 2.24. The van der Waals surface area contributed by atoms with Crippen LogP contribution >= 0.6 is 0 Å². The van der Waals surface area contributed by atoms with Gasteiger partial charge in [-0.2, -0.15) is 0 Å². The quantitative estimate of drug-likeness (QED) is 0.649. The number of ether oxygens (including phenoxy) is 3. The molecule has 7 heteroatoms. The van der Waals surface area contributed by atoms with Gasteiger partial charge >= 0.3 is 5.97 Å². The van der Waals surface area contributed by atoms with E-state index < -0.39 is 17.9 Å². The number of aliphatic carboxylic acids is 1. The molecule has 0 heterocycles. The van der Waals surface area contributed by atoms with Crippen LogP contribution in [-0.4, -0.2) is 36.8 Å². The van der Waals surface area contributed by atoms with Crippen molar-refractivity contribution in [2.24, 2.45) is 0 Å². The molecule has 0 fully saturated rings. The van der Waals surface area contributed by atoms with Crippen LogP contribution in [0.1, 0.15) is 42.7 Å². The molecule has 0 aliphatic heterocycles. The lowest BCUT2D eigenvalue weighted by atomic mass is 10.1. The third kappa shape index (κ3) is 5.16. The number of carbonyl (C=O) groups is 2. The molecule has 0 aliphatic rings. The maximum absolute atomic E-state index is 12.8. The summed E-state index contributed by atoms with van der Waals surface area (Å²) in [4.78, 5) is 24.4. The summed E-state index contributed by atoms with van der Waals surface area (Å²) in [6, 6.07) is 10.4. The minimum Gasteiger partial charge on any atom is -0.490 e. The zero-order valence-corrected chi connectivity index (χ0v) is 16.2. The van der Waals surface area contributed by atoms with Crippen LogP contribution in [0, 0.1) is 0 Å². The largest absolute Gasteiger partial charge is 0.490 e. The van der Waals surface area contributed by atoms with Crippen LogP contribution in [0.4, 0.5) is 0 Å². The number of rotatable bonds is 10. The highest BCUT2D eigenvalue weighted by molar-refractivity contribution is 5.98. The molecule has 28 heavy (non-hydrogen) atoms. The number of carboxylic acids is 1. The zero-order valence-electron chi connectivity index (χ0n) is 16.2. The van der Waals surface area contributed by atoms with E-state index in [4.69, 9.17) is 14.2 Å². The van der Waals surface area contributed by atoms with Gasteiger partial charge in [-0.3, -0.25) is 4.79 Å². The van der Waals surface area contributed by atoms with Gasteiger partial charge in [0.1, 0.15) is 0 Å². The van der Waals surface area contributed by atoms with E-state index in [0.717, 1.165) is 0 Å². The van der Waals surface area contributed by atoms with Crippen molar-refractivity contribution in [3.63, 3.8) is 0 Å². The van der Waals surface area contributed by atoms with Crippen molar-refractivity contribution in [3.05, 3.63) is 53.6 Å². The Kier molecular flexibility index (Phi) is 7.68. The van der Waals surface area contributed by atoms with Crippen molar-refractivity contribution in [1.29, 1.82) is 0 Å². The molecule has 0 radical (unpaired) electrons. The number of hydrogen-bond acceptors (Lipinski definition) is 5. The van der Waals surface area contributed by atoms with Gasteiger partial charge in [0.05, 0.1) is 19.8 Å². The summed E-state index contributed by atoms with van der Waals surface area (Å²) >= 11 is 0. The van der Waals surface area contributed by atoms with Gasteiger partial charge < -0.3 is 24.6 Å². The molecular weight excluding hydrogens is 362 g/mol. The van der Waals surface area contributed by atoms with Crippen LogP contribution in [0.25, 0.3) is 0 Å². The number of benzene rings is 2. The second kappa shape index (κ2) is 10.2. The van der Waals surface area contributed by atoms with Gasteiger partial charge in [-0.05, 0) is 38.5 Å². The fraction of sp³-hybridized carbons (Fsp3) is 0.333. The second-order valence-electron chi connectivity index (χ2n) is 5.76. The van der Waals surface area contributed by atoms with Crippen molar-refractivity contribution in [3.8, 4) is 17.2 Å². The molecular formula is C21H25NO6. The summed E-state index contributed by atoms with van der Waals surface area (Å²) in [6.45, 7) is 6.62. The summed E-state index contributed by atoms with van der Waals surface area (Å²) in [7, 11) is 0. The van der Waals surface area contributed by atoms with Gasteiger partial charge in [0.15, 0.2) is 17.5 Å². The first-order chi connectivity index (χ1) is 13.5. The van der Waals surface area contributed by atoms with Gasteiger partial charge in [-0.1, -0.05) is 30.3 Å². The highest BCUT2D eigenvalue weighted by Crippen LogP contribution is 2.39. The molecule has 0 spiro atoms. The average Bonchev–Trinajstić information content (AvgIpc) is 2.69. The summed E-state index contributed by atoms with van der Waals surface area (Å²) in [5, 5.41) is 12.1. The Balaban J connectivity index is 2.39. The van der Waals surface area contributed by atoms with Crippen LogP contribution in [0.3, 0.4) is 0 Å². The maximum atomic E-state index is 12.8. The Morgan fingerprint density at radius 3 is 1.93 bits per heavy atom. The number of nitrogens with one attached hydrogen (secondary N) is 1. The molecule has 1 amide bonds. The number of hydrogen-bond donors (Lipinski definition) is 2. The number of amides is 1. The Bertz CT molecular complexity index is 779. The topological polar surface area (TPSA) is 94.1 Å². The van der Waals surface area contributed by atoms with E-state index in [1.807, 2.05) is 20.8 Å². The molecule has 0 unspecified atom stereocenters. The second-order valence-corrected chi connectivity index (χ2v) is 5.76. The van der Waals surface area contributed by atoms with E-state index >= 15 is 0 Å². The van der Waals surface area contributed by atoms with Crippen LogP contribution in [0.2, 0.25) is 0 Å². The van der Waals surface area contributed by atoms with E-state index in [-0.39, 0.29) is 5.56 Å². The van der Waals surface area contributed by atoms with E-state index in [1.165, 1.54) is 12.1 Å². The van der Waals surface area contributed by atoms with E-state index in [1.54, 1.807) is 30.3 Å². The summed E-state index contributed by atoms with van der Waals surface area (Å²) in [5.41, 5.74) is 0.696. The third-order valence-corrected chi connectivity index (χ3v) is 3.83. The van der Waals surface area contributed by atoms with Crippen molar-refractivity contribution in [2.45, 2.75) is 26.8 Å². The number of carboxylic acid groups (broad SMARTS) is 1. The fourth-order valence-electron chi connectivity index (χ4n) is 2.67. The predicted octanol–water partition coefficient (Wildman–Crippen LogP) is 3.44. The SMILES string of the molecule is CCOc1cc(C(=O)N[C@H](C(=O)O)c2ccccc2)cc(OCC)c1OCC. The third-order valence-electron chi connectivity index (χ3n) is 3.83. The molecule has 1 atom stereocenters. The normalized spacial score (nSPS) is 11.4. The molecule has 2 rings (SSSR count). The molecule has 0 aliphatic carbocycles. The highest BCUT2D eigenvalue weighted by atomic mass is 16.5. The van der Waals surface area contributed by atoms with Crippen LogP contribution in [-0.2, 0) is 4.79 Å². The molecule has 2 N–H and O–H groups in total. The van der Waals surface area contributed by atoms with E-state index in [2.05, 4.69) is 5.32 Å². The Hall–Kier alpha value is -3.22. The molecule has 2 aromatic carbocycles. The van der Waals surface area contributed by atoms with E-state index in [0.29, 0.717) is 42.6 Å². The van der Waals surface area contributed by atoms with Crippen molar-refractivity contribution >= 4 is 11.9 Å². The summed E-state index contributed by atoms with van der Waals surface area (Å²) < 4.78 is 16.8. The fourth-order valence-corrected chi connectivity index (χ4v) is 2.67. The zero-order chi connectivity index (χ0) is 20.5. The summed E-state index contributed by atoms with van der Waals surface area (Å²) in [5.74, 6) is -0.554. The maximum Gasteiger partial charge on any atom is 0.330 e. The number of carbonyl (C=O) groups excluding carboxylic acids is 1. The molecule has 0 bridgehead atoms. The molecule has 7 nitrogen and oxygen atoms in total. The average molecular weight is 387 g/mol. The molecule has 150 valence electrons. The standard InChI is InChI=1S/C21H25NO6/c1-4-26-16-12-15(13-17(27-5-2)19(16)28-6-3)20(23)22-18(21(24)25)14-10-8-7-9-11-14/h7-13,18H,4-6H2,1-3H3,(H,22,23)(H,24,25)/t18-/m0/s1. The molecule has 0 saturated heterocycles. The predicted molar refractivity (Wildman–Crippen MR) is 104 cm³/mol. The minimum absolute atomic E-state index is 0.220. The van der Waals surface area contributed by atoms with Gasteiger partial charge in [-0.25, -0.2) is 4.79 Å². The summed E-state index contributed by atoms with van der Waals surface area (Å²) in [6.07, 6.45) is 0. The van der Waals surface area contributed by atoms with Crippen LogP contribution in [0.5, 0.6) is 17.2 Å². The first kappa shape index (κ1) is 21.1. The van der Waals surface area contributed by atoms with Crippen molar-refractivity contribution < 1.29 is 28.9 Å². The lowest BCUT2D eigenvalue weighted by Crippen LogP contribution is -2.33. The molecule has 0 aromatic heterocycles. The van der Waals surface area contributed by atoms with Gasteiger partial charge in [-0.15, -0.1) is 0 Å². The van der Waals surface area contributed by atoms with Gasteiger partial charge in [0.25, 0.3) is 5.91 Å².